The van der Waals surface area contributed by atoms with Crippen LogP contribution >= 0.6 is 0 Å². The number of anilines is 1. The van der Waals surface area contributed by atoms with Crippen molar-refractivity contribution in [2.45, 2.75) is 19.9 Å². The van der Waals surface area contributed by atoms with Crippen molar-refractivity contribution in [3.05, 3.63) is 70.9 Å². The van der Waals surface area contributed by atoms with Gasteiger partial charge in [0.25, 0.3) is 5.91 Å². The summed E-state index contributed by atoms with van der Waals surface area (Å²) < 4.78 is 0. The summed E-state index contributed by atoms with van der Waals surface area (Å²) in [4.78, 5) is 24.7. The van der Waals surface area contributed by atoms with E-state index in [4.69, 9.17) is 0 Å². The maximum atomic E-state index is 12.8. The molecule has 0 saturated carbocycles. The van der Waals surface area contributed by atoms with Gasteiger partial charge in [0.05, 0.1) is 11.6 Å². The second-order valence-corrected chi connectivity index (χ2v) is 5.99. The molecule has 1 aliphatic heterocycles. The van der Waals surface area contributed by atoms with E-state index in [-0.39, 0.29) is 17.7 Å². The molecule has 1 heterocycles. The number of aromatic hydroxyl groups is 1. The Morgan fingerprint density at radius 2 is 1.84 bits per heavy atom. The number of phenols is 1. The van der Waals surface area contributed by atoms with E-state index in [0.29, 0.717) is 22.5 Å². The number of carbonyl (C=O) groups excluding carboxylic acids is 2. The molecule has 0 aromatic heterocycles. The number of allylic oxidation sites excluding steroid dienone is 1. The molecular weight excluding hydrogens is 318 g/mol. The van der Waals surface area contributed by atoms with Crippen LogP contribution in [0.25, 0.3) is 0 Å². The summed E-state index contributed by atoms with van der Waals surface area (Å²) in [5.41, 5.74) is 3.35. The van der Waals surface area contributed by atoms with E-state index in [0.717, 1.165) is 5.56 Å². The number of amides is 3. The lowest BCUT2D eigenvalue weighted by molar-refractivity contribution is -0.113. The lowest BCUT2D eigenvalue weighted by atomic mass is 9.94. The lowest BCUT2D eigenvalue weighted by Crippen LogP contribution is -2.45. The van der Waals surface area contributed by atoms with Gasteiger partial charge < -0.3 is 21.1 Å². The molecule has 0 saturated heterocycles. The number of rotatable bonds is 3. The van der Waals surface area contributed by atoms with Crippen LogP contribution < -0.4 is 16.0 Å². The van der Waals surface area contributed by atoms with Gasteiger partial charge in [-0.05, 0) is 49.2 Å². The fourth-order valence-corrected chi connectivity index (χ4v) is 2.83. The van der Waals surface area contributed by atoms with E-state index in [1.54, 1.807) is 19.1 Å². The van der Waals surface area contributed by atoms with Crippen molar-refractivity contribution in [2.75, 3.05) is 5.32 Å². The number of benzene rings is 2. The van der Waals surface area contributed by atoms with Crippen LogP contribution in [0.2, 0.25) is 0 Å². The van der Waals surface area contributed by atoms with Crippen LogP contribution in [0.3, 0.4) is 0 Å². The third-order valence-electron chi connectivity index (χ3n) is 4.02. The Bertz CT molecular complexity index is 856. The average molecular weight is 337 g/mol. The van der Waals surface area contributed by atoms with Gasteiger partial charge in [0, 0.05) is 11.4 Å². The van der Waals surface area contributed by atoms with Gasteiger partial charge in [-0.1, -0.05) is 24.3 Å². The van der Waals surface area contributed by atoms with E-state index in [1.165, 1.54) is 12.1 Å². The van der Waals surface area contributed by atoms with E-state index in [9.17, 15) is 14.7 Å². The standard InChI is InChI=1S/C19H19N3O3/c1-11-4-3-5-14(10-11)21-18(24)16-12(2)20-19(25)22-17(16)13-6-8-15(23)9-7-13/h3-10,17,23H,1-2H3,(H,21,24)(H2,20,22,25). The molecule has 3 rings (SSSR count). The van der Waals surface area contributed by atoms with Crippen molar-refractivity contribution in [1.82, 2.24) is 10.6 Å². The molecule has 25 heavy (non-hydrogen) atoms. The SMILES string of the molecule is CC1=C(C(=O)Nc2cccc(C)c2)C(c2ccc(O)cc2)NC(=O)N1. The van der Waals surface area contributed by atoms with Crippen molar-refractivity contribution in [3.8, 4) is 5.75 Å². The molecule has 3 amide bonds. The first-order valence-electron chi connectivity index (χ1n) is 7.89. The molecule has 2 aromatic rings. The zero-order valence-electron chi connectivity index (χ0n) is 14.0. The van der Waals surface area contributed by atoms with E-state index in [2.05, 4.69) is 16.0 Å². The molecule has 0 bridgehead atoms. The lowest BCUT2D eigenvalue weighted by Gasteiger charge is -2.28. The first-order chi connectivity index (χ1) is 11.9. The molecular formula is C19H19N3O3. The fraction of sp³-hybridized carbons (Fsp3) is 0.158. The molecule has 1 aliphatic rings. The van der Waals surface area contributed by atoms with E-state index >= 15 is 0 Å². The third-order valence-corrected chi connectivity index (χ3v) is 4.02. The normalized spacial score (nSPS) is 16.9. The largest absolute Gasteiger partial charge is 0.508 e. The monoisotopic (exact) mass is 337 g/mol. The first kappa shape index (κ1) is 16.6. The summed E-state index contributed by atoms with van der Waals surface area (Å²) in [6, 6.07) is 12.9. The minimum atomic E-state index is -0.598. The molecule has 6 nitrogen and oxygen atoms in total. The van der Waals surface area contributed by atoms with Crippen molar-refractivity contribution >= 4 is 17.6 Å². The molecule has 2 aromatic carbocycles. The molecule has 6 heteroatoms. The number of carbonyl (C=O) groups is 2. The summed E-state index contributed by atoms with van der Waals surface area (Å²) in [5.74, 6) is -0.177. The molecule has 0 spiro atoms. The smallest absolute Gasteiger partial charge is 0.319 e. The molecule has 4 N–H and O–H groups in total. The third kappa shape index (κ3) is 3.63. The summed E-state index contributed by atoms with van der Waals surface area (Å²) in [6.07, 6.45) is 0. The minimum Gasteiger partial charge on any atom is -0.508 e. The Hall–Kier alpha value is -3.28. The molecule has 0 fully saturated rings. The quantitative estimate of drug-likeness (QED) is 0.694. The molecule has 1 atom stereocenters. The van der Waals surface area contributed by atoms with Gasteiger partial charge in [-0.2, -0.15) is 0 Å². The summed E-state index contributed by atoms with van der Waals surface area (Å²) in [6.45, 7) is 3.64. The van der Waals surface area contributed by atoms with Crippen LogP contribution in [0.5, 0.6) is 5.75 Å². The number of aryl methyl sites for hydroxylation is 1. The summed E-state index contributed by atoms with van der Waals surface area (Å²) in [5, 5.41) is 17.7. The maximum absolute atomic E-state index is 12.8. The van der Waals surface area contributed by atoms with Gasteiger partial charge in [-0.25, -0.2) is 4.79 Å². The Morgan fingerprint density at radius 1 is 1.12 bits per heavy atom. The van der Waals surface area contributed by atoms with Gasteiger partial charge in [-0.15, -0.1) is 0 Å². The number of urea groups is 1. The summed E-state index contributed by atoms with van der Waals surface area (Å²) >= 11 is 0. The van der Waals surface area contributed by atoms with Crippen molar-refractivity contribution in [1.29, 1.82) is 0 Å². The van der Waals surface area contributed by atoms with E-state index in [1.807, 2.05) is 31.2 Å². The van der Waals surface area contributed by atoms with Gasteiger partial charge >= 0.3 is 6.03 Å². The van der Waals surface area contributed by atoms with Crippen LogP contribution in [0.4, 0.5) is 10.5 Å². The number of hydrogen-bond donors (Lipinski definition) is 4. The Kier molecular flexibility index (Phi) is 4.43. The molecule has 0 radical (unpaired) electrons. The van der Waals surface area contributed by atoms with E-state index < -0.39 is 6.04 Å². The van der Waals surface area contributed by atoms with Crippen LogP contribution in [-0.4, -0.2) is 17.0 Å². The topological polar surface area (TPSA) is 90.5 Å². The van der Waals surface area contributed by atoms with Crippen LogP contribution in [0.15, 0.2) is 59.8 Å². The number of hydrogen-bond acceptors (Lipinski definition) is 3. The molecule has 128 valence electrons. The molecule has 1 unspecified atom stereocenters. The van der Waals surface area contributed by atoms with Gasteiger partial charge in [0.15, 0.2) is 0 Å². The highest BCUT2D eigenvalue weighted by molar-refractivity contribution is 6.06. The number of nitrogens with one attached hydrogen (secondary N) is 3. The second kappa shape index (κ2) is 6.68. The predicted octanol–water partition coefficient (Wildman–Crippen LogP) is 2.97. The minimum absolute atomic E-state index is 0.121. The first-order valence-corrected chi connectivity index (χ1v) is 7.89. The van der Waals surface area contributed by atoms with Gasteiger partial charge in [-0.3, -0.25) is 4.79 Å². The van der Waals surface area contributed by atoms with Gasteiger partial charge in [0.2, 0.25) is 0 Å². The highest BCUT2D eigenvalue weighted by Gasteiger charge is 2.31. The average Bonchev–Trinajstić information content (AvgIpc) is 2.54. The second-order valence-electron chi connectivity index (χ2n) is 5.99. The Labute approximate surface area is 145 Å². The van der Waals surface area contributed by atoms with Crippen molar-refractivity contribution in [3.63, 3.8) is 0 Å². The highest BCUT2D eigenvalue weighted by Crippen LogP contribution is 2.28. The van der Waals surface area contributed by atoms with Crippen LogP contribution in [0, 0.1) is 6.92 Å². The zero-order chi connectivity index (χ0) is 18.0. The molecule has 0 aliphatic carbocycles. The summed E-state index contributed by atoms with van der Waals surface area (Å²) in [7, 11) is 0. The fourth-order valence-electron chi connectivity index (χ4n) is 2.83. The zero-order valence-corrected chi connectivity index (χ0v) is 14.0. The number of phenolic OH excluding ortho intramolecular Hbond substituents is 1. The maximum Gasteiger partial charge on any atom is 0.319 e. The van der Waals surface area contributed by atoms with Crippen molar-refractivity contribution in [2.24, 2.45) is 0 Å². The Balaban J connectivity index is 1.94. The van der Waals surface area contributed by atoms with Crippen molar-refractivity contribution < 1.29 is 14.7 Å². The van der Waals surface area contributed by atoms with Gasteiger partial charge in [0.1, 0.15) is 5.75 Å². The highest BCUT2D eigenvalue weighted by atomic mass is 16.3. The van der Waals surface area contributed by atoms with Crippen LogP contribution in [-0.2, 0) is 4.79 Å². The van der Waals surface area contributed by atoms with Crippen LogP contribution in [0.1, 0.15) is 24.1 Å². The predicted molar refractivity (Wildman–Crippen MR) is 95.0 cm³/mol. The Morgan fingerprint density at radius 3 is 2.52 bits per heavy atom.